The van der Waals surface area contributed by atoms with Crippen LogP contribution in [0.4, 0.5) is 5.69 Å². The summed E-state index contributed by atoms with van der Waals surface area (Å²) in [6.45, 7) is 2.28. The first-order valence-electron chi connectivity index (χ1n) is 8.80. The minimum absolute atomic E-state index is 0.268. The normalized spacial score (nSPS) is 11.8. The minimum atomic E-state index is -0.350. The SMILES string of the molecule is Cc1cc(C#N)cnc1C(=O)Nc1ccc2c(c1)C(c1cncc(C#N)c1)=NC2. The van der Waals surface area contributed by atoms with Crippen molar-refractivity contribution in [3.8, 4) is 12.1 Å². The van der Waals surface area contributed by atoms with Crippen LogP contribution in [-0.4, -0.2) is 21.6 Å². The molecule has 29 heavy (non-hydrogen) atoms. The third kappa shape index (κ3) is 3.45. The molecule has 4 rings (SSSR count). The Morgan fingerprint density at radius 1 is 1.07 bits per heavy atom. The van der Waals surface area contributed by atoms with Gasteiger partial charge in [-0.25, -0.2) is 4.98 Å². The van der Waals surface area contributed by atoms with Gasteiger partial charge in [-0.3, -0.25) is 14.8 Å². The molecule has 0 unspecified atom stereocenters. The fourth-order valence-corrected chi connectivity index (χ4v) is 3.20. The summed E-state index contributed by atoms with van der Waals surface area (Å²) in [5.41, 5.74) is 5.81. The van der Waals surface area contributed by atoms with E-state index in [-0.39, 0.29) is 11.6 Å². The number of carbonyl (C=O) groups is 1. The molecule has 0 saturated heterocycles. The second-order valence-corrected chi connectivity index (χ2v) is 6.57. The van der Waals surface area contributed by atoms with Gasteiger partial charge in [0.1, 0.15) is 17.8 Å². The number of aromatic nitrogens is 2. The van der Waals surface area contributed by atoms with Gasteiger partial charge in [-0.05, 0) is 42.3 Å². The highest BCUT2D eigenvalue weighted by Gasteiger charge is 2.20. The Balaban J connectivity index is 1.62. The molecule has 0 spiro atoms. The molecule has 0 atom stereocenters. The number of carbonyl (C=O) groups excluding carboxylic acids is 1. The van der Waals surface area contributed by atoms with Crippen LogP contribution in [0.1, 0.15) is 43.9 Å². The van der Waals surface area contributed by atoms with Gasteiger partial charge in [0.25, 0.3) is 5.91 Å². The van der Waals surface area contributed by atoms with Gasteiger partial charge in [0.05, 0.1) is 23.4 Å². The number of fused-ring (bicyclic) bond motifs is 1. The fourth-order valence-electron chi connectivity index (χ4n) is 3.20. The zero-order valence-corrected chi connectivity index (χ0v) is 15.5. The van der Waals surface area contributed by atoms with E-state index in [1.165, 1.54) is 12.4 Å². The molecule has 1 N–H and O–H groups in total. The Kier molecular flexibility index (Phi) is 4.56. The van der Waals surface area contributed by atoms with E-state index in [2.05, 4.69) is 26.3 Å². The van der Waals surface area contributed by atoms with Gasteiger partial charge in [-0.1, -0.05) is 6.07 Å². The van der Waals surface area contributed by atoms with Crippen LogP contribution in [-0.2, 0) is 6.54 Å². The number of nitrogens with zero attached hydrogens (tertiary/aromatic N) is 5. The Bertz CT molecular complexity index is 1260. The maximum absolute atomic E-state index is 12.6. The predicted molar refractivity (Wildman–Crippen MR) is 106 cm³/mol. The summed E-state index contributed by atoms with van der Waals surface area (Å²) in [5, 5.41) is 20.9. The predicted octanol–water partition coefficient (Wildman–Crippen LogP) is 3.13. The summed E-state index contributed by atoms with van der Waals surface area (Å²) in [6.07, 6.45) is 4.55. The lowest BCUT2D eigenvalue weighted by Gasteiger charge is -2.10. The summed E-state index contributed by atoms with van der Waals surface area (Å²) in [7, 11) is 0. The van der Waals surface area contributed by atoms with E-state index in [4.69, 9.17) is 10.5 Å². The Labute approximate surface area is 167 Å². The second-order valence-electron chi connectivity index (χ2n) is 6.57. The first kappa shape index (κ1) is 18.0. The van der Waals surface area contributed by atoms with E-state index in [9.17, 15) is 4.79 Å². The third-order valence-electron chi connectivity index (χ3n) is 4.59. The van der Waals surface area contributed by atoms with Crippen molar-refractivity contribution in [2.75, 3.05) is 5.32 Å². The average Bonchev–Trinajstić information content (AvgIpc) is 3.16. The number of aliphatic imine (C=N–C) groups is 1. The first-order chi connectivity index (χ1) is 14.1. The van der Waals surface area contributed by atoms with Crippen molar-refractivity contribution in [2.24, 2.45) is 4.99 Å². The third-order valence-corrected chi connectivity index (χ3v) is 4.59. The van der Waals surface area contributed by atoms with Crippen molar-refractivity contribution < 1.29 is 4.79 Å². The molecule has 7 nitrogen and oxygen atoms in total. The van der Waals surface area contributed by atoms with E-state index in [0.717, 1.165) is 22.4 Å². The molecule has 138 valence electrons. The molecule has 0 fully saturated rings. The number of anilines is 1. The molecule has 3 aromatic rings. The molecule has 0 bridgehead atoms. The number of pyridine rings is 2. The number of amides is 1. The number of nitrogens with one attached hydrogen (secondary N) is 1. The number of hydrogen-bond acceptors (Lipinski definition) is 6. The number of nitriles is 2. The molecule has 1 aliphatic rings. The van der Waals surface area contributed by atoms with E-state index in [1.807, 2.05) is 24.3 Å². The lowest BCUT2D eigenvalue weighted by molar-refractivity contribution is 0.102. The van der Waals surface area contributed by atoms with Gasteiger partial charge in [0.2, 0.25) is 0 Å². The highest BCUT2D eigenvalue weighted by atomic mass is 16.1. The topological polar surface area (TPSA) is 115 Å². The van der Waals surface area contributed by atoms with Gasteiger partial charge >= 0.3 is 0 Å². The van der Waals surface area contributed by atoms with Gasteiger partial charge < -0.3 is 5.32 Å². The molecular weight excluding hydrogens is 364 g/mol. The maximum Gasteiger partial charge on any atom is 0.274 e. The van der Waals surface area contributed by atoms with Crippen LogP contribution in [0, 0.1) is 29.6 Å². The van der Waals surface area contributed by atoms with Crippen LogP contribution in [0.3, 0.4) is 0 Å². The van der Waals surface area contributed by atoms with Crippen LogP contribution in [0.25, 0.3) is 0 Å². The smallest absolute Gasteiger partial charge is 0.274 e. The monoisotopic (exact) mass is 378 g/mol. The van der Waals surface area contributed by atoms with Crippen LogP contribution >= 0.6 is 0 Å². The lowest BCUT2D eigenvalue weighted by Crippen LogP contribution is -2.16. The zero-order chi connectivity index (χ0) is 20.4. The summed E-state index contributed by atoms with van der Waals surface area (Å²) in [4.78, 5) is 25.4. The van der Waals surface area contributed by atoms with Crippen LogP contribution in [0.5, 0.6) is 0 Å². The molecule has 0 aliphatic carbocycles. The standard InChI is InChI=1S/C22H14N6O/c1-13-4-14(7-23)10-26-20(13)22(29)28-18-3-2-16-12-27-21(19(16)6-18)17-5-15(8-24)9-25-11-17/h2-6,9-11H,12H2,1H3,(H,28,29). The fraction of sp³-hybridized carbons (Fsp3) is 0.0909. The average molecular weight is 378 g/mol. The quantitative estimate of drug-likeness (QED) is 0.752. The second kappa shape index (κ2) is 7.34. The molecular formula is C22H14N6O. The van der Waals surface area contributed by atoms with E-state index >= 15 is 0 Å². The van der Waals surface area contributed by atoms with Crippen LogP contribution < -0.4 is 5.32 Å². The summed E-state index contributed by atoms with van der Waals surface area (Å²) >= 11 is 0. The molecule has 2 aromatic heterocycles. The van der Waals surface area contributed by atoms with Crippen molar-refractivity contribution in [1.82, 2.24) is 9.97 Å². The van der Waals surface area contributed by atoms with Crippen LogP contribution in [0.15, 0.2) is 53.9 Å². The number of aryl methyl sites for hydroxylation is 1. The Hall–Kier alpha value is -4.36. The van der Waals surface area contributed by atoms with Crippen molar-refractivity contribution in [3.63, 3.8) is 0 Å². The summed E-state index contributed by atoms with van der Waals surface area (Å²) < 4.78 is 0. The van der Waals surface area contributed by atoms with E-state index in [0.29, 0.717) is 28.9 Å². The number of benzene rings is 1. The highest BCUT2D eigenvalue weighted by molar-refractivity contribution is 6.16. The van der Waals surface area contributed by atoms with E-state index in [1.54, 1.807) is 25.3 Å². The Morgan fingerprint density at radius 2 is 1.86 bits per heavy atom. The van der Waals surface area contributed by atoms with Gasteiger partial charge in [0.15, 0.2) is 0 Å². The number of rotatable bonds is 3. The Morgan fingerprint density at radius 3 is 2.62 bits per heavy atom. The summed E-state index contributed by atoms with van der Waals surface area (Å²) in [6, 6.07) is 13.1. The lowest BCUT2D eigenvalue weighted by atomic mass is 10.00. The highest BCUT2D eigenvalue weighted by Crippen LogP contribution is 2.26. The van der Waals surface area contributed by atoms with Crippen molar-refractivity contribution in [3.05, 3.63) is 88.0 Å². The van der Waals surface area contributed by atoms with Gasteiger partial charge in [-0.2, -0.15) is 10.5 Å². The molecule has 1 aliphatic heterocycles. The molecule has 1 amide bonds. The molecule has 0 saturated carbocycles. The molecule has 0 radical (unpaired) electrons. The summed E-state index contributed by atoms with van der Waals surface area (Å²) in [5.74, 6) is -0.350. The number of hydrogen-bond donors (Lipinski definition) is 1. The largest absolute Gasteiger partial charge is 0.321 e. The zero-order valence-electron chi connectivity index (χ0n) is 15.5. The van der Waals surface area contributed by atoms with Gasteiger partial charge in [0, 0.05) is 35.4 Å². The first-order valence-corrected chi connectivity index (χ1v) is 8.80. The van der Waals surface area contributed by atoms with Gasteiger partial charge in [-0.15, -0.1) is 0 Å². The molecule has 3 heterocycles. The van der Waals surface area contributed by atoms with E-state index < -0.39 is 0 Å². The van der Waals surface area contributed by atoms with Crippen molar-refractivity contribution in [2.45, 2.75) is 13.5 Å². The van der Waals surface area contributed by atoms with Crippen molar-refractivity contribution >= 4 is 17.3 Å². The van der Waals surface area contributed by atoms with Crippen LogP contribution in [0.2, 0.25) is 0 Å². The molecule has 7 heteroatoms. The minimum Gasteiger partial charge on any atom is -0.321 e. The van der Waals surface area contributed by atoms with Crippen molar-refractivity contribution in [1.29, 1.82) is 10.5 Å². The maximum atomic E-state index is 12.6. The molecule has 1 aromatic carbocycles.